The Hall–Kier alpha value is -2.18. The molecule has 1 heterocycles. The highest BCUT2D eigenvalue weighted by Gasteiger charge is 2.15. The second-order valence-electron chi connectivity index (χ2n) is 2.62. The van der Waals surface area contributed by atoms with E-state index in [4.69, 9.17) is 22.0 Å². The van der Waals surface area contributed by atoms with Gasteiger partial charge in [-0.05, 0) is 6.92 Å². The van der Waals surface area contributed by atoms with Crippen molar-refractivity contribution in [3.05, 3.63) is 11.4 Å². The number of nitrogens with zero attached hydrogens (tertiary/aromatic N) is 2. The zero-order chi connectivity index (χ0) is 10.9. The molecular formula is C7H9N5O2. The van der Waals surface area contributed by atoms with Gasteiger partial charge in [-0.25, -0.2) is 14.8 Å². The molecule has 14 heavy (non-hydrogen) atoms. The van der Waals surface area contributed by atoms with Gasteiger partial charge in [0.1, 0.15) is 5.69 Å². The van der Waals surface area contributed by atoms with Crippen molar-refractivity contribution >= 4 is 23.3 Å². The van der Waals surface area contributed by atoms with E-state index in [2.05, 4.69) is 9.97 Å². The number of hydrogen-bond donors (Lipinski definition) is 4. The topological polar surface area (TPSA) is 139 Å². The monoisotopic (exact) mass is 195 g/mol. The molecule has 1 aromatic heterocycles. The molecule has 74 valence electrons. The fourth-order valence-electron chi connectivity index (χ4n) is 0.895. The van der Waals surface area contributed by atoms with E-state index < -0.39 is 5.97 Å². The lowest BCUT2D eigenvalue weighted by Crippen LogP contribution is -2.14. The maximum absolute atomic E-state index is 10.6. The highest BCUT2D eigenvalue weighted by atomic mass is 16.4. The third-order valence-corrected chi connectivity index (χ3v) is 1.51. The summed E-state index contributed by atoms with van der Waals surface area (Å²) in [4.78, 5) is 17.8. The van der Waals surface area contributed by atoms with Gasteiger partial charge >= 0.3 is 5.97 Å². The largest absolute Gasteiger partial charge is 0.476 e. The molecule has 0 fully saturated rings. The summed E-state index contributed by atoms with van der Waals surface area (Å²) in [7, 11) is 0. The predicted octanol–water partition coefficient (Wildman–Crippen LogP) is -0.273. The van der Waals surface area contributed by atoms with Crippen LogP contribution in [0, 0.1) is 5.41 Å². The molecule has 0 aliphatic heterocycles. The first-order chi connectivity index (χ1) is 6.43. The van der Waals surface area contributed by atoms with Crippen molar-refractivity contribution in [2.75, 3.05) is 11.5 Å². The quantitative estimate of drug-likeness (QED) is 0.479. The summed E-state index contributed by atoms with van der Waals surface area (Å²) in [5.74, 6) is -1.59. The Balaban J connectivity index is 3.42. The van der Waals surface area contributed by atoms with Crippen molar-refractivity contribution in [1.29, 1.82) is 5.41 Å². The molecule has 0 aromatic carbocycles. The SMILES string of the molecule is CC(=N)c1nc(C(=O)O)c(N)nc1N. The summed E-state index contributed by atoms with van der Waals surface area (Å²) in [6.07, 6.45) is 0. The lowest BCUT2D eigenvalue weighted by atomic mass is 10.2. The molecule has 0 aliphatic carbocycles. The van der Waals surface area contributed by atoms with Crippen molar-refractivity contribution in [1.82, 2.24) is 9.97 Å². The molecule has 0 amide bonds. The van der Waals surface area contributed by atoms with Crippen molar-refractivity contribution < 1.29 is 9.90 Å². The first kappa shape index (κ1) is 9.90. The number of nitrogens with two attached hydrogens (primary N) is 2. The smallest absolute Gasteiger partial charge is 0.358 e. The standard InChI is InChI=1S/C7H9N5O2/c1-2(8)3-5(9)12-6(10)4(11-3)7(13)14/h8H,1H3,(H,13,14)(H4,9,10,12). The van der Waals surface area contributed by atoms with Gasteiger partial charge in [0.2, 0.25) is 0 Å². The molecule has 0 saturated heterocycles. The van der Waals surface area contributed by atoms with Crippen molar-refractivity contribution in [3.8, 4) is 0 Å². The molecule has 1 aromatic rings. The number of anilines is 2. The Morgan fingerprint density at radius 3 is 2.21 bits per heavy atom. The minimum absolute atomic E-state index is 0.0385. The molecule has 0 bridgehead atoms. The van der Waals surface area contributed by atoms with Gasteiger partial charge in [0.25, 0.3) is 0 Å². The van der Waals surface area contributed by atoms with Crippen LogP contribution in [-0.2, 0) is 0 Å². The average Bonchev–Trinajstić information content (AvgIpc) is 2.02. The van der Waals surface area contributed by atoms with Crippen LogP contribution in [0.4, 0.5) is 11.6 Å². The summed E-state index contributed by atoms with van der Waals surface area (Å²) in [5, 5.41) is 15.9. The van der Waals surface area contributed by atoms with Crippen LogP contribution >= 0.6 is 0 Å². The Kier molecular flexibility index (Phi) is 2.32. The molecule has 0 spiro atoms. The molecule has 0 saturated carbocycles. The number of carboxylic acids is 1. The van der Waals surface area contributed by atoms with Crippen molar-refractivity contribution in [2.24, 2.45) is 0 Å². The van der Waals surface area contributed by atoms with Gasteiger partial charge in [0, 0.05) is 0 Å². The summed E-state index contributed by atoms with van der Waals surface area (Å²) in [6, 6.07) is 0. The number of aromatic carboxylic acids is 1. The van der Waals surface area contributed by atoms with Crippen LogP contribution in [0.1, 0.15) is 23.1 Å². The third kappa shape index (κ3) is 1.60. The Morgan fingerprint density at radius 2 is 1.79 bits per heavy atom. The van der Waals surface area contributed by atoms with E-state index in [1.165, 1.54) is 6.92 Å². The van der Waals surface area contributed by atoms with E-state index in [0.717, 1.165) is 0 Å². The Labute approximate surface area is 79.3 Å². The second-order valence-corrected chi connectivity index (χ2v) is 2.62. The Morgan fingerprint density at radius 1 is 1.29 bits per heavy atom. The van der Waals surface area contributed by atoms with Crippen LogP contribution in [0.3, 0.4) is 0 Å². The lowest BCUT2D eigenvalue weighted by molar-refractivity contribution is 0.0691. The molecule has 0 radical (unpaired) electrons. The van der Waals surface area contributed by atoms with Gasteiger partial charge in [0.05, 0.1) is 5.71 Å². The molecule has 1 rings (SSSR count). The van der Waals surface area contributed by atoms with Crippen molar-refractivity contribution in [3.63, 3.8) is 0 Å². The van der Waals surface area contributed by atoms with Crippen LogP contribution in [0.5, 0.6) is 0 Å². The van der Waals surface area contributed by atoms with E-state index >= 15 is 0 Å². The number of rotatable bonds is 2. The van der Waals surface area contributed by atoms with Crippen LogP contribution in [0.15, 0.2) is 0 Å². The number of nitrogen functional groups attached to an aromatic ring is 2. The lowest BCUT2D eigenvalue weighted by Gasteiger charge is -2.05. The maximum Gasteiger partial charge on any atom is 0.358 e. The number of carbonyl (C=O) groups is 1. The normalized spacial score (nSPS) is 9.79. The molecule has 7 nitrogen and oxygen atoms in total. The number of hydrogen-bond acceptors (Lipinski definition) is 6. The molecule has 0 aliphatic rings. The van der Waals surface area contributed by atoms with E-state index in [0.29, 0.717) is 0 Å². The van der Waals surface area contributed by atoms with E-state index in [1.54, 1.807) is 0 Å². The summed E-state index contributed by atoms with van der Waals surface area (Å²) >= 11 is 0. The van der Waals surface area contributed by atoms with Gasteiger partial charge < -0.3 is 22.0 Å². The molecular weight excluding hydrogens is 186 g/mol. The van der Waals surface area contributed by atoms with Crippen LogP contribution in [0.2, 0.25) is 0 Å². The number of aromatic nitrogens is 2. The zero-order valence-electron chi connectivity index (χ0n) is 7.40. The second kappa shape index (κ2) is 3.29. The van der Waals surface area contributed by atoms with E-state index in [-0.39, 0.29) is 28.7 Å². The van der Waals surface area contributed by atoms with Gasteiger partial charge in [-0.3, -0.25) is 0 Å². The van der Waals surface area contributed by atoms with Crippen LogP contribution < -0.4 is 11.5 Å². The molecule has 7 heteroatoms. The number of carboxylic acid groups (broad SMARTS) is 1. The Bertz CT molecular complexity index is 380. The van der Waals surface area contributed by atoms with Crippen LogP contribution in [-0.4, -0.2) is 26.8 Å². The van der Waals surface area contributed by atoms with Gasteiger partial charge in [0.15, 0.2) is 17.3 Å². The highest BCUT2D eigenvalue weighted by Crippen LogP contribution is 2.13. The average molecular weight is 195 g/mol. The molecule has 0 unspecified atom stereocenters. The summed E-state index contributed by atoms with van der Waals surface area (Å²) in [6.45, 7) is 1.43. The van der Waals surface area contributed by atoms with E-state index in [9.17, 15) is 4.79 Å². The van der Waals surface area contributed by atoms with Gasteiger partial charge in [-0.2, -0.15) is 0 Å². The van der Waals surface area contributed by atoms with Gasteiger partial charge in [-0.1, -0.05) is 0 Å². The molecule has 0 atom stereocenters. The third-order valence-electron chi connectivity index (χ3n) is 1.51. The molecule has 6 N–H and O–H groups in total. The maximum atomic E-state index is 10.6. The zero-order valence-corrected chi connectivity index (χ0v) is 7.40. The summed E-state index contributed by atoms with van der Waals surface area (Å²) in [5.41, 5.74) is 10.4. The first-order valence-electron chi connectivity index (χ1n) is 3.65. The van der Waals surface area contributed by atoms with E-state index in [1.807, 2.05) is 0 Å². The summed E-state index contributed by atoms with van der Waals surface area (Å²) < 4.78 is 0. The first-order valence-corrected chi connectivity index (χ1v) is 3.65. The fourth-order valence-corrected chi connectivity index (χ4v) is 0.895. The number of nitrogens with one attached hydrogen (secondary N) is 1. The van der Waals surface area contributed by atoms with Crippen LogP contribution in [0.25, 0.3) is 0 Å². The predicted molar refractivity (Wildman–Crippen MR) is 50.3 cm³/mol. The minimum atomic E-state index is -1.29. The fraction of sp³-hybridized carbons (Fsp3) is 0.143. The minimum Gasteiger partial charge on any atom is -0.476 e. The highest BCUT2D eigenvalue weighted by molar-refractivity contribution is 6.00. The van der Waals surface area contributed by atoms with Crippen molar-refractivity contribution in [2.45, 2.75) is 6.92 Å². The van der Waals surface area contributed by atoms with Gasteiger partial charge in [-0.15, -0.1) is 0 Å².